The van der Waals surface area contributed by atoms with E-state index < -0.39 is 12.5 Å². The normalized spacial score (nSPS) is 20.9. The van der Waals surface area contributed by atoms with Crippen molar-refractivity contribution < 1.29 is 23.1 Å². The maximum absolute atomic E-state index is 13.4. The first-order valence-electron chi connectivity index (χ1n) is 10.2. The van der Waals surface area contributed by atoms with Gasteiger partial charge in [-0.1, -0.05) is 30.3 Å². The zero-order chi connectivity index (χ0) is 21.3. The smallest absolute Gasteiger partial charge is 0.387 e. The van der Waals surface area contributed by atoms with Crippen molar-refractivity contribution in [3.05, 3.63) is 59.7 Å². The molecule has 2 aliphatic heterocycles. The Morgan fingerprint density at radius 1 is 1.10 bits per heavy atom. The third-order valence-corrected chi connectivity index (χ3v) is 5.84. The molecule has 4 rings (SSSR count). The highest BCUT2D eigenvalue weighted by molar-refractivity contribution is 6.00. The molecule has 0 aliphatic carbocycles. The summed E-state index contributed by atoms with van der Waals surface area (Å²) in [6.45, 7) is -0.225. The second-order valence-electron chi connectivity index (χ2n) is 7.86. The summed E-state index contributed by atoms with van der Waals surface area (Å²) in [5, 5.41) is 0. The van der Waals surface area contributed by atoms with Crippen LogP contribution in [0.4, 0.5) is 14.5 Å². The number of anilines is 1. The number of piperidine rings is 1. The minimum Gasteiger partial charge on any atom is -0.434 e. The van der Waals surface area contributed by atoms with Crippen LogP contribution in [0.25, 0.3) is 0 Å². The number of carbonyl (C=O) groups is 2. The Hall–Kier alpha value is -2.96. The van der Waals surface area contributed by atoms with E-state index in [9.17, 15) is 18.4 Å². The summed E-state index contributed by atoms with van der Waals surface area (Å²) in [7, 11) is 0. The second-order valence-corrected chi connectivity index (χ2v) is 7.86. The van der Waals surface area contributed by atoms with Crippen molar-refractivity contribution in [2.45, 2.75) is 38.8 Å². The zero-order valence-electron chi connectivity index (χ0n) is 16.8. The van der Waals surface area contributed by atoms with Crippen molar-refractivity contribution in [2.75, 3.05) is 18.0 Å². The molecule has 0 unspecified atom stereocenters. The standard InChI is InChI=1S/C23H24F2N2O3/c1-15-13-16-7-2-4-10-19(16)27(15)21(28)17-8-6-12-26(14-17)22(29)18-9-3-5-11-20(18)30-23(24)25/h2-5,7,9-11,15,17,23H,6,8,12-14H2,1H3/t15-,17-/m0/s1. The van der Waals surface area contributed by atoms with Gasteiger partial charge < -0.3 is 14.5 Å². The first-order chi connectivity index (χ1) is 14.5. The Bertz CT molecular complexity index is 950. The average Bonchev–Trinajstić information content (AvgIpc) is 3.08. The molecule has 2 atom stereocenters. The number of amides is 2. The van der Waals surface area contributed by atoms with E-state index >= 15 is 0 Å². The van der Waals surface area contributed by atoms with Gasteiger partial charge in [-0.15, -0.1) is 0 Å². The molecule has 1 fully saturated rings. The highest BCUT2D eigenvalue weighted by Gasteiger charge is 2.37. The number of hydrogen-bond donors (Lipinski definition) is 0. The summed E-state index contributed by atoms with van der Waals surface area (Å²) in [4.78, 5) is 29.8. The monoisotopic (exact) mass is 414 g/mol. The Balaban J connectivity index is 1.52. The van der Waals surface area contributed by atoms with E-state index in [-0.39, 0.29) is 35.7 Å². The molecular formula is C23H24F2N2O3. The minimum absolute atomic E-state index is 0.0158. The maximum Gasteiger partial charge on any atom is 0.387 e. The Morgan fingerprint density at radius 3 is 2.63 bits per heavy atom. The number of ether oxygens (including phenoxy) is 1. The van der Waals surface area contributed by atoms with Crippen LogP contribution in [-0.2, 0) is 11.2 Å². The van der Waals surface area contributed by atoms with Crippen LogP contribution in [0.1, 0.15) is 35.7 Å². The minimum atomic E-state index is -3.01. The van der Waals surface area contributed by atoms with E-state index in [4.69, 9.17) is 0 Å². The summed E-state index contributed by atoms with van der Waals surface area (Å²) in [6, 6.07) is 14.0. The molecule has 30 heavy (non-hydrogen) atoms. The van der Waals surface area contributed by atoms with Crippen molar-refractivity contribution >= 4 is 17.5 Å². The lowest BCUT2D eigenvalue weighted by molar-refractivity contribution is -0.124. The van der Waals surface area contributed by atoms with Crippen LogP contribution in [0.5, 0.6) is 5.75 Å². The van der Waals surface area contributed by atoms with E-state index in [1.165, 1.54) is 12.1 Å². The quantitative estimate of drug-likeness (QED) is 0.756. The van der Waals surface area contributed by atoms with Crippen molar-refractivity contribution in [2.24, 2.45) is 5.92 Å². The molecule has 0 N–H and O–H groups in total. The molecule has 0 radical (unpaired) electrons. The van der Waals surface area contributed by atoms with Gasteiger partial charge in [-0.25, -0.2) is 0 Å². The summed E-state index contributed by atoms with van der Waals surface area (Å²) < 4.78 is 29.9. The van der Waals surface area contributed by atoms with Gasteiger partial charge in [0.25, 0.3) is 5.91 Å². The zero-order valence-corrected chi connectivity index (χ0v) is 16.8. The number of likely N-dealkylation sites (tertiary alicyclic amines) is 1. The average molecular weight is 414 g/mol. The Kier molecular flexibility index (Phi) is 5.70. The Labute approximate surface area is 174 Å². The topological polar surface area (TPSA) is 49.9 Å². The molecule has 7 heteroatoms. The van der Waals surface area contributed by atoms with Gasteiger partial charge in [-0.3, -0.25) is 9.59 Å². The van der Waals surface area contributed by atoms with Gasteiger partial charge in [0.2, 0.25) is 5.91 Å². The van der Waals surface area contributed by atoms with Crippen LogP contribution >= 0.6 is 0 Å². The fraction of sp³-hybridized carbons (Fsp3) is 0.391. The van der Waals surface area contributed by atoms with Crippen molar-refractivity contribution in [1.82, 2.24) is 4.90 Å². The van der Waals surface area contributed by atoms with Crippen LogP contribution in [0.3, 0.4) is 0 Å². The van der Waals surface area contributed by atoms with Gasteiger partial charge >= 0.3 is 6.61 Å². The molecule has 5 nitrogen and oxygen atoms in total. The molecular weight excluding hydrogens is 390 g/mol. The molecule has 158 valence electrons. The third kappa shape index (κ3) is 3.88. The molecule has 1 saturated heterocycles. The van der Waals surface area contributed by atoms with Crippen LogP contribution in [0.15, 0.2) is 48.5 Å². The van der Waals surface area contributed by atoms with Crippen molar-refractivity contribution in [3.63, 3.8) is 0 Å². The number of alkyl halides is 2. The first kappa shape index (κ1) is 20.3. The maximum atomic E-state index is 13.4. The van der Waals surface area contributed by atoms with Gasteiger partial charge in [0, 0.05) is 24.8 Å². The Morgan fingerprint density at radius 2 is 1.83 bits per heavy atom. The third-order valence-electron chi connectivity index (χ3n) is 5.84. The van der Waals surface area contributed by atoms with Crippen molar-refractivity contribution in [3.8, 4) is 5.75 Å². The van der Waals surface area contributed by atoms with Crippen LogP contribution in [0, 0.1) is 5.92 Å². The van der Waals surface area contributed by atoms with Crippen LogP contribution < -0.4 is 9.64 Å². The predicted molar refractivity (Wildman–Crippen MR) is 109 cm³/mol. The number of halogens is 2. The number of fused-ring (bicyclic) bond motifs is 1. The summed E-state index contributed by atoms with van der Waals surface area (Å²) >= 11 is 0. The van der Waals surface area contributed by atoms with Crippen LogP contribution in [0.2, 0.25) is 0 Å². The number of hydrogen-bond acceptors (Lipinski definition) is 3. The second kappa shape index (κ2) is 8.42. The fourth-order valence-corrected chi connectivity index (χ4v) is 4.47. The summed E-state index contributed by atoms with van der Waals surface area (Å²) in [5.74, 6) is -0.840. The lowest BCUT2D eigenvalue weighted by atomic mass is 9.95. The van der Waals surface area contributed by atoms with Gasteiger partial charge in [0.15, 0.2) is 0 Å². The molecule has 0 aromatic heterocycles. The molecule has 0 bridgehead atoms. The van der Waals surface area contributed by atoms with E-state index in [0.717, 1.165) is 17.7 Å². The van der Waals surface area contributed by atoms with Gasteiger partial charge in [-0.05, 0) is 49.9 Å². The number of rotatable bonds is 4. The SMILES string of the molecule is C[C@H]1Cc2ccccc2N1C(=O)[C@H]1CCCN(C(=O)c2ccccc2OC(F)F)C1. The fourth-order valence-electron chi connectivity index (χ4n) is 4.47. The first-order valence-corrected chi connectivity index (χ1v) is 10.2. The molecule has 2 aromatic carbocycles. The highest BCUT2D eigenvalue weighted by atomic mass is 19.3. The molecule has 2 amide bonds. The molecule has 2 aromatic rings. The van der Waals surface area contributed by atoms with Gasteiger partial charge in [-0.2, -0.15) is 8.78 Å². The molecule has 2 heterocycles. The van der Waals surface area contributed by atoms with Crippen molar-refractivity contribution in [1.29, 1.82) is 0 Å². The van der Waals surface area contributed by atoms with E-state index in [2.05, 4.69) is 4.74 Å². The van der Waals surface area contributed by atoms with Gasteiger partial charge in [0.05, 0.1) is 11.5 Å². The van der Waals surface area contributed by atoms with Crippen LogP contribution in [-0.4, -0.2) is 42.5 Å². The lowest BCUT2D eigenvalue weighted by Gasteiger charge is -2.35. The molecule has 0 saturated carbocycles. The number of benzene rings is 2. The number of para-hydroxylation sites is 2. The molecule has 0 spiro atoms. The van der Waals surface area contributed by atoms with E-state index in [0.29, 0.717) is 19.4 Å². The number of carbonyl (C=O) groups excluding carboxylic acids is 2. The lowest BCUT2D eigenvalue weighted by Crippen LogP contribution is -2.48. The number of nitrogens with zero attached hydrogens (tertiary/aromatic N) is 2. The highest BCUT2D eigenvalue weighted by Crippen LogP contribution is 2.34. The molecule has 2 aliphatic rings. The van der Waals surface area contributed by atoms with E-state index in [1.807, 2.05) is 36.1 Å². The van der Waals surface area contributed by atoms with Gasteiger partial charge in [0.1, 0.15) is 5.75 Å². The summed E-state index contributed by atoms with van der Waals surface area (Å²) in [6.07, 6.45) is 2.20. The predicted octanol–water partition coefficient (Wildman–Crippen LogP) is 4.12. The van der Waals surface area contributed by atoms with E-state index in [1.54, 1.807) is 17.0 Å². The summed E-state index contributed by atoms with van der Waals surface area (Å²) in [5.41, 5.74) is 2.18. The largest absolute Gasteiger partial charge is 0.434 e.